The van der Waals surface area contributed by atoms with Crippen LogP contribution in [-0.2, 0) is 22.6 Å². The molecule has 2 aliphatic rings. The highest BCUT2D eigenvalue weighted by Gasteiger charge is 2.37. The van der Waals surface area contributed by atoms with Crippen molar-refractivity contribution >= 4 is 46.5 Å². The minimum Gasteiger partial charge on any atom is -0.491 e. The number of benzene rings is 2. The van der Waals surface area contributed by atoms with E-state index in [-0.39, 0.29) is 17.4 Å². The van der Waals surface area contributed by atoms with Gasteiger partial charge in [-0.05, 0) is 60.0 Å². The van der Waals surface area contributed by atoms with E-state index in [1.165, 1.54) is 12.7 Å². The SMILES string of the molecule is CCOc1cc(C=C2SC(=O)N(CC(=O)N3CCc4ccccc4C3)C2=O)cc(Cl)c1OC. The molecule has 1 saturated heterocycles. The van der Waals surface area contributed by atoms with Crippen molar-refractivity contribution in [2.24, 2.45) is 0 Å². The van der Waals surface area contributed by atoms with Crippen molar-refractivity contribution in [3.05, 3.63) is 63.0 Å². The number of halogens is 1. The minimum absolute atomic E-state index is 0.223. The van der Waals surface area contributed by atoms with Gasteiger partial charge in [-0.2, -0.15) is 0 Å². The van der Waals surface area contributed by atoms with Crippen molar-refractivity contribution in [2.75, 3.05) is 26.8 Å². The van der Waals surface area contributed by atoms with Crippen LogP contribution < -0.4 is 9.47 Å². The summed E-state index contributed by atoms with van der Waals surface area (Å²) in [4.78, 5) is 41.2. The van der Waals surface area contributed by atoms with E-state index in [2.05, 4.69) is 6.07 Å². The summed E-state index contributed by atoms with van der Waals surface area (Å²) in [7, 11) is 1.49. The summed E-state index contributed by atoms with van der Waals surface area (Å²) in [5, 5.41) is -0.142. The van der Waals surface area contributed by atoms with E-state index in [4.69, 9.17) is 21.1 Å². The molecular formula is C24H23ClN2O5S. The van der Waals surface area contributed by atoms with Gasteiger partial charge in [-0.25, -0.2) is 0 Å². The first-order valence-corrected chi connectivity index (χ1v) is 11.7. The third-order valence-corrected chi connectivity index (χ3v) is 6.67. The molecule has 0 radical (unpaired) electrons. The Bertz CT molecular complexity index is 1150. The lowest BCUT2D eigenvalue weighted by atomic mass is 10.00. The van der Waals surface area contributed by atoms with Crippen LogP contribution in [0, 0.1) is 0 Å². The third kappa shape index (κ3) is 4.86. The Balaban J connectivity index is 1.49. The number of nitrogens with zero attached hydrogens (tertiary/aromatic N) is 2. The number of carbonyl (C=O) groups excluding carboxylic acids is 3. The Morgan fingerprint density at radius 3 is 2.70 bits per heavy atom. The highest BCUT2D eigenvalue weighted by atomic mass is 35.5. The monoisotopic (exact) mass is 486 g/mol. The van der Waals surface area contributed by atoms with Crippen LogP contribution in [0.1, 0.15) is 23.6 Å². The third-order valence-electron chi connectivity index (χ3n) is 5.48. The van der Waals surface area contributed by atoms with Crippen molar-refractivity contribution < 1.29 is 23.9 Å². The van der Waals surface area contributed by atoms with E-state index in [1.54, 1.807) is 23.1 Å². The minimum atomic E-state index is -0.499. The van der Waals surface area contributed by atoms with Gasteiger partial charge in [-0.1, -0.05) is 35.9 Å². The molecule has 0 aromatic heterocycles. The van der Waals surface area contributed by atoms with E-state index < -0.39 is 11.1 Å². The Morgan fingerprint density at radius 2 is 1.97 bits per heavy atom. The summed E-state index contributed by atoms with van der Waals surface area (Å²) in [6.07, 6.45) is 2.32. The largest absolute Gasteiger partial charge is 0.491 e. The van der Waals surface area contributed by atoms with Gasteiger partial charge in [0.1, 0.15) is 6.54 Å². The van der Waals surface area contributed by atoms with Gasteiger partial charge in [0.15, 0.2) is 11.5 Å². The molecular weight excluding hydrogens is 464 g/mol. The number of thioether (sulfide) groups is 1. The van der Waals surface area contributed by atoms with E-state index in [1.807, 2.05) is 25.1 Å². The Morgan fingerprint density at radius 1 is 1.21 bits per heavy atom. The standard InChI is InChI=1S/C24H23ClN2O5S/c1-3-32-19-11-15(10-18(25)22(19)31-2)12-20-23(29)27(24(30)33-20)14-21(28)26-9-8-16-6-4-5-7-17(16)13-26/h4-7,10-12H,3,8-9,13-14H2,1-2H3. The zero-order chi connectivity index (χ0) is 23.5. The number of amides is 3. The van der Waals surface area contributed by atoms with Gasteiger partial charge < -0.3 is 14.4 Å². The van der Waals surface area contributed by atoms with Crippen molar-refractivity contribution in [3.63, 3.8) is 0 Å². The molecule has 0 atom stereocenters. The number of hydrogen-bond acceptors (Lipinski definition) is 6. The van der Waals surface area contributed by atoms with Crippen molar-refractivity contribution in [1.82, 2.24) is 9.80 Å². The fraction of sp³-hybridized carbons (Fsp3) is 0.292. The summed E-state index contributed by atoms with van der Waals surface area (Å²) in [6, 6.07) is 11.3. The number of imide groups is 1. The molecule has 172 valence electrons. The summed E-state index contributed by atoms with van der Waals surface area (Å²) in [5.74, 6) is 0.0934. The fourth-order valence-electron chi connectivity index (χ4n) is 3.86. The molecule has 0 saturated carbocycles. The predicted molar refractivity (Wildman–Crippen MR) is 127 cm³/mol. The van der Waals surface area contributed by atoms with Gasteiger partial charge >= 0.3 is 0 Å². The lowest BCUT2D eigenvalue weighted by Crippen LogP contribution is -2.44. The lowest BCUT2D eigenvalue weighted by molar-refractivity contribution is -0.136. The molecule has 33 heavy (non-hydrogen) atoms. The van der Waals surface area contributed by atoms with Crippen LogP contribution in [0.2, 0.25) is 5.02 Å². The van der Waals surface area contributed by atoms with Crippen LogP contribution in [0.15, 0.2) is 41.3 Å². The molecule has 9 heteroatoms. The topological polar surface area (TPSA) is 76.2 Å². The predicted octanol–water partition coefficient (Wildman–Crippen LogP) is 4.37. The molecule has 2 aromatic carbocycles. The molecule has 2 aromatic rings. The molecule has 0 spiro atoms. The van der Waals surface area contributed by atoms with E-state index >= 15 is 0 Å². The van der Waals surface area contributed by atoms with E-state index in [9.17, 15) is 14.4 Å². The van der Waals surface area contributed by atoms with Gasteiger partial charge in [0.2, 0.25) is 5.91 Å². The molecule has 0 aliphatic carbocycles. The molecule has 0 bridgehead atoms. The number of methoxy groups -OCH3 is 1. The second-order valence-corrected chi connectivity index (χ2v) is 8.97. The highest BCUT2D eigenvalue weighted by molar-refractivity contribution is 8.18. The van der Waals surface area contributed by atoms with Crippen molar-refractivity contribution in [3.8, 4) is 11.5 Å². The fourth-order valence-corrected chi connectivity index (χ4v) is 5.00. The first-order chi connectivity index (χ1) is 15.9. The molecule has 7 nitrogen and oxygen atoms in total. The van der Waals surface area contributed by atoms with Crippen LogP contribution in [-0.4, -0.2) is 53.7 Å². The molecule has 0 N–H and O–H groups in total. The van der Waals surface area contributed by atoms with Gasteiger partial charge in [0.05, 0.1) is 23.6 Å². The van der Waals surface area contributed by atoms with E-state index in [0.29, 0.717) is 41.8 Å². The molecule has 1 fully saturated rings. The van der Waals surface area contributed by atoms with Crippen LogP contribution in [0.25, 0.3) is 6.08 Å². The van der Waals surface area contributed by atoms with Crippen molar-refractivity contribution in [2.45, 2.75) is 19.9 Å². The average molecular weight is 487 g/mol. The van der Waals surface area contributed by atoms with Gasteiger partial charge in [0, 0.05) is 13.1 Å². The zero-order valence-corrected chi connectivity index (χ0v) is 19.9. The van der Waals surface area contributed by atoms with Crippen LogP contribution in [0.5, 0.6) is 11.5 Å². The van der Waals surface area contributed by atoms with Crippen LogP contribution in [0.3, 0.4) is 0 Å². The van der Waals surface area contributed by atoms with Crippen LogP contribution >= 0.6 is 23.4 Å². The van der Waals surface area contributed by atoms with E-state index in [0.717, 1.165) is 28.6 Å². The summed E-state index contributed by atoms with van der Waals surface area (Å²) in [6.45, 7) is 3.01. The maximum atomic E-state index is 12.9. The first-order valence-electron chi connectivity index (χ1n) is 10.5. The van der Waals surface area contributed by atoms with Gasteiger partial charge in [0.25, 0.3) is 11.1 Å². The number of ether oxygens (including phenoxy) is 2. The smallest absolute Gasteiger partial charge is 0.294 e. The molecule has 4 rings (SSSR count). The van der Waals surface area contributed by atoms with Gasteiger partial charge in [-0.3, -0.25) is 19.3 Å². The number of rotatable bonds is 6. The maximum Gasteiger partial charge on any atom is 0.294 e. The van der Waals surface area contributed by atoms with Crippen molar-refractivity contribution in [1.29, 1.82) is 0 Å². The average Bonchev–Trinajstić information content (AvgIpc) is 3.06. The summed E-state index contributed by atoms with van der Waals surface area (Å²) in [5.41, 5.74) is 2.90. The Kier molecular flexibility index (Phi) is 6.95. The Hall–Kier alpha value is -2.97. The molecule has 3 amide bonds. The highest BCUT2D eigenvalue weighted by Crippen LogP contribution is 2.39. The molecule has 2 heterocycles. The van der Waals surface area contributed by atoms with Crippen LogP contribution in [0.4, 0.5) is 4.79 Å². The second-order valence-electron chi connectivity index (χ2n) is 7.57. The summed E-state index contributed by atoms with van der Waals surface area (Å²) < 4.78 is 10.8. The lowest BCUT2D eigenvalue weighted by Gasteiger charge is -2.29. The number of carbonyl (C=O) groups is 3. The molecule has 2 aliphatic heterocycles. The number of hydrogen-bond donors (Lipinski definition) is 0. The zero-order valence-electron chi connectivity index (χ0n) is 18.3. The number of fused-ring (bicyclic) bond motifs is 1. The maximum absolute atomic E-state index is 12.9. The quantitative estimate of drug-likeness (QED) is 0.564. The normalized spacial score (nSPS) is 16.9. The molecule has 0 unspecified atom stereocenters. The van der Waals surface area contributed by atoms with Gasteiger partial charge in [-0.15, -0.1) is 0 Å². The Labute approximate surface area is 201 Å². The second kappa shape index (κ2) is 9.89. The summed E-state index contributed by atoms with van der Waals surface area (Å²) >= 11 is 7.09. The first kappa shape index (κ1) is 23.2.